The summed E-state index contributed by atoms with van der Waals surface area (Å²) >= 11 is 1.79. The number of hydrogen-bond donors (Lipinski definition) is 3. The van der Waals surface area contributed by atoms with Crippen LogP contribution in [-0.4, -0.2) is 23.8 Å². The summed E-state index contributed by atoms with van der Waals surface area (Å²) in [6.45, 7) is 2.52. The quantitative estimate of drug-likeness (QED) is 0.611. The molecule has 1 saturated carbocycles. The van der Waals surface area contributed by atoms with Crippen molar-refractivity contribution in [1.29, 1.82) is 0 Å². The zero-order chi connectivity index (χ0) is 20.1. The van der Waals surface area contributed by atoms with Gasteiger partial charge in [0.2, 0.25) is 0 Å². The molecule has 1 aliphatic rings. The van der Waals surface area contributed by atoms with Gasteiger partial charge in [0, 0.05) is 29.1 Å². The van der Waals surface area contributed by atoms with E-state index in [1.54, 1.807) is 11.3 Å². The van der Waals surface area contributed by atoms with Crippen LogP contribution in [0.3, 0.4) is 0 Å². The molecule has 0 saturated heterocycles. The average Bonchev–Trinajstić information content (AvgIpc) is 3.16. The average molecular weight is 409 g/mol. The predicted molar refractivity (Wildman–Crippen MR) is 111 cm³/mol. The minimum absolute atomic E-state index is 0.117. The van der Waals surface area contributed by atoms with Gasteiger partial charge in [-0.2, -0.15) is 0 Å². The minimum Gasteiger partial charge on any atom is -0.390 e. The molecule has 0 bridgehead atoms. The van der Waals surface area contributed by atoms with Crippen molar-refractivity contribution in [3.8, 4) is 0 Å². The second-order valence-electron chi connectivity index (χ2n) is 7.89. The van der Waals surface area contributed by atoms with Gasteiger partial charge in [-0.25, -0.2) is 8.78 Å². The fourth-order valence-corrected chi connectivity index (χ4v) is 5.06. The van der Waals surface area contributed by atoms with Crippen LogP contribution in [0.1, 0.15) is 55.0 Å². The summed E-state index contributed by atoms with van der Waals surface area (Å²) in [5.74, 6) is -1.25. The second kappa shape index (κ2) is 9.44. The zero-order valence-corrected chi connectivity index (χ0v) is 17.2. The molecule has 3 rings (SSSR count). The molecular weight excluding hydrogens is 378 g/mol. The van der Waals surface area contributed by atoms with Gasteiger partial charge in [0.15, 0.2) is 0 Å². The molecule has 0 spiro atoms. The molecular formula is C22H30F2N2OS. The van der Waals surface area contributed by atoms with Gasteiger partial charge in [-0.05, 0) is 60.4 Å². The molecule has 2 unspecified atom stereocenters. The number of aliphatic hydroxyl groups excluding tert-OH is 1. The monoisotopic (exact) mass is 408 g/mol. The number of aryl methyl sites for hydroxylation is 1. The molecule has 2 aromatic rings. The fraction of sp³-hybridized carbons (Fsp3) is 0.545. The van der Waals surface area contributed by atoms with E-state index in [0.29, 0.717) is 12.1 Å². The molecule has 0 aliphatic heterocycles. The number of nitrogens with one attached hydrogen (secondary N) is 1. The smallest absolute Gasteiger partial charge is 0.126 e. The van der Waals surface area contributed by atoms with Crippen LogP contribution in [0.4, 0.5) is 8.78 Å². The Hall–Kier alpha value is -1.34. The van der Waals surface area contributed by atoms with E-state index in [-0.39, 0.29) is 12.0 Å². The third kappa shape index (κ3) is 5.17. The minimum atomic E-state index is -0.797. The lowest BCUT2D eigenvalue weighted by molar-refractivity contribution is 0.117. The van der Waals surface area contributed by atoms with E-state index in [9.17, 15) is 13.9 Å². The predicted octanol–water partition coefficient (Wildman–Crippen LogP) is 4.27. The van der Waals surface area contributed by atoms with E-state index in [0.717, 1.165) is 38.2 Å². The third-order valence-corrected chi connectivity index (χ3v) is 6.88. The first kappa shape index (κ1) is 21.4. The van der Waals surface area contributed by atoms with Crippen molar-refractivity contribution >= 4 is 11.3 Å². The molecule has 1 aliphatic carbocycles. The van der Waals surface area contributed by atoms with Crippen LogP contribution in [0.15, 0.2) is 29.6 Å². The van der Waals surface area contributed by atoms with Crippen molar-refractivity contribution in [2.75, 3.05) is 6.54 Å². The van der Waals surface area contributed by atoms with Crippen LogP contribution in [0.5, 0.6) is 0 Å². The van der Waals surface area contributed by atoms with Gasteiger partial charge in [0.05, 0.1) is 6.10 Å². The topological polar surface area (TPSA) is 58.3 Å². The lowest BCUT2D eigenvalue weighted by Gasteiger charge is -2.39. The number of benzene rings is 1. The second-order valence-corrected chi connectivity index (χ2v) is 8.89. The van der Waals surface area contributed by atoms with Crippen molar-refractivity contribution in [3.63, 3.8) is 0 Å². The highest BCUT2D eigenvalue weighted by molar-refractivity contribution is 7.10. The molecule has 28 heavy (non-hydrogen) atoms. The zero-order valence-electron chi connectivity index (χ0n) is 16.4. The van der Waals surface area contributed by atoms with Gasteiger partial charge >= 0.3 is 0 Å². The van der Waals surface area contributed by atoms with Crippen molar-refractivity contribution in [3.05, 3.63) is 57.3 Å². The Balaban J connectivity index is 1.65. The first-order valence-corrected chi connectivity index (χ1v) is 11.0. The standard InChI is InChI=1S/C22H30F2N2OS/c1-2-19-11-16(14-28-19)22(6-4-3-5-7-22)26-13-21(27)20(25)10-15-8-17(23)12-18(24)9-15/h8-9,11-12,14,20-21,26-27H,2-7,10,13,25H2,1H3. The molecule has 1 aromatic heterocycles. The van der Waals surface area contributed by atoms with Crippen LogP contribution in [0.2, 0.25) is 0 Å². The van der Waals surface area contributed by atoms with E-state index in [2.05, 4.69) is 23.7 Å². The summed E-state index contributed by atoms with van der Waals surface area (Å²) in [5.41, 5.74) is 7.79. The molecule has 1 fully saturated rings. The summed E-state index contributed by atoms with van der Waals surface area (Å²) < 4.78 is 26.8. The largest absolute Gasteiger partial charge is 0.390 e. The maximum Gasteiger partial charge on any atom is 0.126 e. The van der Waals surface area contributed by atoms with Crippen LogP contribution >= 0.6 is 11.3 Å². The highest BCUT2D eigenvalue weighted by Crippen LogP contribution is 2.39. The summed E-state index contributed by atoms with van der Waals surface area (Å²) in [6.07, 6.45) is 6.11. The SMILES string of the molecule is CCc1cc(C2(NCC(O)C(N)Cc3cc(F)cc(F)c3)CCCCC2)cs1. The molecule has 0 amide bonds. The normalized spacial score (nSPS) is 18.8. The lowest BCUT2D eigenvalue weighted by Crippen LogP contribution is -2.51. The molecule has 1 aromatic carbocycles. The first-order valence-electron chi connectivity index (χ1n) is 10.1. The molecule has 6 heteroatoms. The Bertz CT molecular complexity index is 753. The first-order chi connectivity index (χ1) is 13.4. The van der Waals surface area contributed by atoms with Gasteiger partial charge in [-0.1, -0.05) is 26.2 Å². The molecule has 3 nitrogen and oxygen atoms in total. The number of nitrogens with two attached hydrogens (primary N) is 1. The Morgan fingerprint density at radius 2 is 1.82 bits per heavy atom. The number of hydrogen-bond acceptors (Lipinski definition) is 4. The molecule has 154 valence electrons. The Kier molecular flexibility index (Phi) is 7.20. The van der Waals surface area contributed by atoms with Crippen LogP contribution in [0.25, 0.3) is 0 Å². The highest BCUT2D eigenvalue weighted by atomic mass is 32.1. The van der Waals surface area contributed by atoms with E-state index < -0.39 is 23.8 Å². The summed E-state index contributed by atoms with van der Waals surface area (Å²) in [7, 11) is 0. The fourth-order valence-electron chi connectivity index (χ4n) is 4.13. The van der Waals surface area contributed by atoms with E-state index in [1.807, 2.05) is 0 Å². The van der Waals surface area contributed by atoms with Crippen LogP contribution < -0.4 is 11.1 Å². The van der Waals surface area contributed by atoms with Crippen LogP contribution in [-0.2, 0) is 18.4 Å². The molecule has 4 N–H and O–H groups in total. The third-order valence-electron chi connectivity index (χ3n) is 5.80. The van der Waals surface area contributed by atoms with Gasteiger partial charge in [0.25, 0.3) is 0 Å². The van der Waals surface area contributed by atoms with Gasteiger partial charge in [-0.15, -0.1) is 11.3 Å². The Morgan fingerprint density at radius 1 is 1.14 bits per heavy atom. The lowest BCUT2D eigenvalue weighted by atomic mass is 9.77. The number of thiophene rings is 1. The molecule has 0 radical (unpaired) electrons. The Labute approximate surface area is 170 Å². The number of halogens is 2. The molecule has 2 atom stereocenters. The Morgan fingerprint density at radius 3 is 2.43 bits per heavy atom. The summed E-state index contributed by atoms with van der Waals surface area (Å²) in [6, 6.07) is 5.06. The summed E-state index contributed by atoms with van der Waals surface area (Å²) in [4.78, 5) is 1.37. The van der Waals surface area contributed by atoms with Crippen molar-refractivity contribution < 1.29 is 13.9 Å². The van der Waals surface area contributed by atoms with Gasteiger partial charge in [-0.3, -0.25) is 0 Å². The maximum absolute atomic E-state index is 13.4. The van der Waals surface area contributed by atoms with Gasteiger partial charge < -0.3 is 16.2 Å². The van der Waals surface area contributed by atoms with E-state index in [4.69, 9.17) is 5.73 Å². The van der Waals surface area contributed by atoms with Crippen molar-refractivity contribution in [2.45, 2.75) is 69.6 Å². The van der Waals surface area contributed by atoms with Crippen molar-refractivity contribution in [1.82, 2.24) is 5.32 Å². The number of aliphatic hydroxyl groups is 1. The van der Waals surface area contributed by atoms with Crippen molar-refractivity contribution in [2.24, 2.45) is 5.73 Å². The summed E-state index contributed by atoms with van der Waals surface area (Å²) in [5, 5.41) is 16.4. The van der Waals surface area contributed by atoms with Crippen LogP contribution in [0, 0.1) is 11.6 Å². The molecule has 1 heterocycles. The number of rotatable bonds is 8. The highest BCUT2D eigenvalue weighted by Gasteiger charge is 2.35. The maximum atomic E-state index is 13.4. The van der Waals surface area contributed by atoms with E-state index >= 15 is 0 Å². The van der Waals surface area contributed by atoms with Gasteiger partial charge in [0.1, 0.15) is 11.6 Å². The van der Waals surface area contributed by atoms with E-state index in [1.165, 1.54) is 29.0 Å².